The summed E-state index contributed by atoms with van der Waals surface area (Å²) in [5.41, 5.74) is 19.4. The van der Waals surface area contributed by atoms with Crippen molar-refractivity contribution in [3.05, 3.63) is 217 Å². The number of rotatable bonds is 5. The SMILES string of the molecule is c1ccc(-c2c(N3c4ccccc4B4c5ccccc5N(c5ccc6sccc6c5-c5ccccc5)c5cc(-n6c7ccccc7c7ccccc76)cc3c54)ccc3sccc23)cc1. The molecule has 3 nitrogen and oxygen atoms in total. The van der Waals surface area contributed by atoms with E-state index >= 15 is 0 Å². The van der Waals surface area contributed by atoms with Gasteiger partial charge in [-0.2, -0.15) is 0 Å². The Morgan fingerprint density at radius 1 is 0.344 bits per heavy atom. The number of nitrogens with zero attached hydrogens (tertiary/aromatic N) is 3. The minimum absolute atomic E-state index is 0.00721. The van der Waals surface area contributed by atoms with Crippen LogP contribution in [0.3, 0.4) is 0 Å². The normalized spacial score (nSPS) is 12.9. The Morgan fingerprint density at radius 3 is 1.28 bits per heavy atom. The Labute approximate surface area is 379 Å². The van der Waals surface area contributed by atoms with Crippen molar-refractivity contribution < 1.29 is 0 Å². The second-order valence-corrected chi connectivity index (χ2v) is 18.7. The van der Waals surface area contributed by atoms with E-state index in [1.165, 1.54) is 115 Å². The lowest BCUT2D eigenvalue weighted by Crippen LogP contribution is -2.61. The van der Waals surface area contributed by atoms with Crippen LogP contribution in [-0.2, 0) is 0 Å². The summed E-state index contributed by atoms with van der Waals surface area (Å²) in [6, 6.07) is 76.9. The van der Waals surface area contributed by atoms with Crippen LogP contribution < -0.4 is 26.2 Å². The lowest BCUT2D eigenvalue weighted by Gasteiger charge is -2.45. The summed E-state index contributed by atoms with van der Waals surface area (Å²) in [5.74, 6) is 0. The Morgan fingerprint density at radius 2 is 0.781 bits per heavy atom. The van der Waals surface area contributed by atoms with Crippen LogP contribution >= 0.6 is 22.7 Å². The van der Waals surface area contributed by atoms with Gasteiger partial charge >= 0.3 is 0 Å². The summed E-state index contributed by atoms with van der Waals surface area (Å²) < 4.78 is 5.06. The molecule has 0 radical (unpaired) electrons. The van der Waals surface area contributed by atoms with Crippen molar-refractivity contribution in [3.63, 3.8) is 0 Å². The molecule has 14 rings (SSSR count). The van der Waals surface area contributed by atoms with Gasteiger partial charge in [0.15, 0.2) is 0 Å². The summed E-state index contributed by atoms with van der Waals surface area (Å²) >= 11 is 3.61. The van der Waals surface area contributed by atoms with E-state index in [0.717, 1.165) is 5.69 Å². The van der Waals surface area contributed by atoms with Crippen LogP contribution in [0.25, 0.3) is 69.9 Å². The molecule has 0 N–H and O–H groups in total. The average molecular weight is 850 g/mol. The van der Waals surface area contributed by atoms with Crippen molar-refractivity contribution in [2.24, 2.45) is 0 Å². The Kier molecular flexibility index (Phi) is 7.82. The molecule has 0 unspecified atom stereocenters. The van der Waals surface area contributed by atoms with Crippen molar-refractivity contribution in [2.75, 3.05) is 9.80 Å². The Hall–Kier alpha value is -7.64. The molecule has 6 heteroatoms. The van der Waals surface area contributed by atoms with Crippen molar-refractivity contribution in [3.8, 4) is 27.9 Å². The zero-order chi connectivity index (χ0) is 41.9. The molecule has 5 heterocycles. The molecule has 0 bridgehead atoms. The molecule has 9 aromatic carbocycles. The number of aromatic nitrogens is 1. The third-order valence-corrected chi connectivity index (χ3v) is 15.3. The van der Waals surface area contributed by atoms with E-state index in [2.05, 4.69) is 231 Å². The largest absolute Gasteiger partial charge is 0.311 e. The van der Waals surface area contributed by atoms with Crippen LogP contribution in [-0.4, -0.2) is 11.3 Å². The number of benzene rings is 9. The molecule has 0 atom stereocenters. The summed E-state index contributed by atoms with van der Waals surface area (Å²) in [5, 5.41) is 9.49. The van der Waals surface area contributed by atoms with Gasteiger partial charge < -0.3 is 14.4 Å². The van der Waals surface area contributed by atoms with Crippen molar-refractivity contribution >= 4 is 122 Å². The molecule has 12 aromatic rings. The van der Waals surface area contributed by atoms with E-state index < -0.39 is 0 Å². The molecule has 2 aliphatic heterocycles. The van der Waals surface area contributed by atoms with E-state index in [9.17, 15) is 0 Å². The lowest BCUT2D eigenvalue weighted by atomic mass is 9.33. The first-order chi connectivity index (χ1) is 31.8. The van der Waals surface area contributed by atoms with E-state index in [0.29, 0.717) is 0 Å². The van der Waals surface area contributed by atoms with Crippen molar-refractivity contribution in [1.29, 1.82) is 0 Å². The highest BCUT2D eigenvalue weighted by molar-refractivity contribution is 7.17. The monoisotopic (exact) mass is 849 g/mol. The molecule has 0 fully saturated rings. The highest BCUT2D eigenvalue weighted by Gasteiger charge is 2.44. The van der Waals surface area contributed by atoms with Crippen LogP contribution in [0.15, 0.2) is 217 Å². The molecule has 0 saturated heterocycles. The van der Waals surface area contributed by atoms with Gasteiger partial charge in [0.2, 0.25) is 0 Å². The van der Waals surface area contributed by atoms with Gasteiger partial charge in [0.1, 0.15) is 0 Å². The molecule has 298 valence electrons. The first-order valence-electron chi connectivity index (χ1n) is 21.9. The molecule has 0 amide bonds. The van der Waals surface area contributed by atoms with E-state index in [4.69, 9.17) is 0 Å². The Bertz CT molecular complexity index is 3580. The van der Waals surface area contributed by atoms with Gasteiger partial charge in [-0.15, -0.1) is 22.7 Å². The van der Waals surface area contributed by atoms with Crippen molar-refractivity contribution in [1.82, 2.24) is 4.57 Å². The predicted molar refractivity (Wildman–Crippen MR) is 276 cm³/mol. The van der Waals surface area contributed by atoms with Crippen LogP contribution in [0.2, 0.25) is 0 Å². The van der Waals surface area contributed by atoms with Gasteiger partial charge in [0.05, 0.1) is 28.1 Å². The lowest BCUT2D eigenvalue weighted by molar-refractivity contribution is 1.16. The molecule has 0 aliphatic carbocycles. The molecule has 0 spiro atoms. The molecule has 64 heavy (non-hydrogen) atoms. The number of fused-ring (bicyclic) bond motifs is 9. The highest BCUT2D eigenvalue weighted by atomic mass is 32.1. The number of thiophene rings is 2. The van der Waals surface area contributed by atoms with Gasteiger partial charge in [-0.3, -0.25) is 0 Å². The third kappa shape index (κ3) is 5.09. The molecular weight excluding hydrogens is 814 g/mol. The average Bonchev–Trinajstić information content (AvgIpc) is 4.12. The first kappa shape index (κ1) is 35.9. The van der Waals surface area contributed by atoms with Gasteiger partial charge in [0, 0.05) is 64.8 Å². The van der Waals surface area contributed by atoms with E-state index in [1.54, 1.807) is 22.7 Å². The molecule has 3 aromatic heterocycles. The predicted octanol–water partition coefficient (Wildman–Crippen LogP) is 14.6. The highest BCUT2D eigenvalue weighted by Crippen LogP contribution is 2.52. The quantitative estimate of drug-likeness (QED) is 0.160. The minimum atomic E-state index is -0.00721. The minimum Gasteiger partial charge on any atom is -0.311 e. The van der Waals surface area contributed by atoms with E-state index in [1.807, 2.05) is 0 Å². The van der Waals surface area contributed by atoms with E-state index in [-0.39, 0.29) is 6.71 Å². The second kappa shape index (κ2) is 13.9. The van der Waals surface area contributed by atoms with Gasteiger partial charge in [-0.05, 0) is 111 Å². The number of hydrogen-bond acceptors (Lipinski definition) is 4. The summed E-state index contributed by atoms with van der Waals surface area (Å²) in [4.78, 5) is 5.18. The first-order valence-corrected chi connectivity index (χ1v) is 23.6. The maximum atomic E-state index is 2.59. The van der Waals surface area contributed by atoms with Gasteiger partial charge in [-0.25, -0.2) is 0 Å². The van der Waals surface area contributed by atoms with Crippen LogP contribution in [0.4, 0.5) is 34.1 Å². The zero-order valence-electron chi connectivity index (χ0n) is 34.5. The fourth-order valence-corrected chi connectivity index (χ4v) is 12.6. The number of para-hydroxylation sites is 4. The second-order valence-electron chi connectivity index (χ2n) is 16.8. The zero-order valence-corrected chi connectivity index (χ0v) is 36.2. The van der Waals surface area contributed by atoms with Gasteiger partial charge in [0.25, 0.3) is 6.71 Å². The van der Waals surface area contributed by atoms with Crippen molar-refractivity contribution in [2.45, 2.75) is 0 Å². The smallest absolute Gasteiger partial charge is 0.252 e. The fourth-order valence-electron chi connectivity index (χ4n) is 11.0. The molecule has 2 aliphatic rings. The summed E-state index contributed by atoms with van der Waals surface area (Å²) in [6.45, 7) is -0.00721. The topological polar surface area (TPSA) is 11.4 Å². The summed E-state index contributed by atoms with van der Waals surface area (Å²) in [6.07, 6.45) is 0. The standard InChI is InChI=1S/C58H36BN3S2/c1-3-15-37(16-4-1)56-42-31-33-63-54(42)29-27-50(56)61-48-25-13-9-21-44(48)59-45-22-10-14-26-49(45)62(51-28-30-55-43(32-34-64-55)57(51)38-17-5-2-6-18-38)53-36-39(35-52(61)58(53)59)60-46-23-11-7-19-40(46)41-20-8-12-24-47(41)60/h1-36H. The van der Waals surface area contributed by atoms with Gasteiger partial charge in [-0.1, -0.05) is 133 Å². The Balaban J connectivity index is 1.16. The molecular formula is C58H36BN3S2. The summed E-state index contributed by atoms with van der Waals surface area (Å²) in [7, 11) is 0. The van der Waals surface area contributed by atoms with Crippen LogP contribution in [0.5, 0.6) is 0 Å². The number of anilines is 6. The maximum Gasteiger partial charge on any atom is 0.252 e. The van der Waals surface area contributed by atoms with Crippen LogP contribution in [0, 0.1) is 0 Å². The van der Waals surface area contributed by atoms with Crippen LogP contribution in [0.1, 0.15) is 0 Å². The molecule has 0 saturated carbocycles. The third-order valence-electron chi connectivity index (χ3n) is 13.5. The number of hydrogen-bond donors (Lipinski definition) is 0. The fraction of sp³-hybridized carbons (Fsp3) is 0. The maximum absolute atomic E-state index is 2.59.